The van der Waals surface area contributed by atoms with E-state index in [2.05, 4.69) is 179 Å². The van der Waals surface area contributed by atoms with Gasteiger partial charge >= 0.3 is 33.6 Å². The molecule has 16 nitrogen and oxygen atoms in total. The highest BCUT2D eigenvalue weighted by Gasteiger charge is 2.30. The van der Waals surface area contributed by atoms with Crippen LogP contribution in [0.2, 0.25) is 0 Å². The second-order valence-electron chi connectivity index (χ2n) is 32.5. The number of aliphatic hydroxyl groups excluding tert-OH is 2. The first-order chi connectivity index (χ1) is 59.2. The lowest BCUT2D eigenvalue weighted by Crippen LogP contribution is -2.30. The van der Waals surface area contributed by atoms with E-state index in [0.717, 1.165) is 173 Å². The normalized spacial score (nSPS) is 14.4. The molecule has 5 atom stereocenters. The SMILES string of the molecule is CC/C=C\C/C=C\C/C=C\C/C=C\C/C=C\C/C=C\CCCCCCCCCCCCCCCCC(=O)OCC(COP(=O)(O)OCC(O)COP(=O)(O)OCC(O)COC(=O)CCCCCCCCCCCCCCCCCCCCC/C=C\C/C=C\C/C=C\C/C=C\CCCCC)OC(=O)CCCCCCCCC/C=C\C/C=C\C/C=C\CC. The van der Waals surface area contributed by atoms with Gasteiger partial charge in [0.1, 0.15) is 25.4 Å². The molecule has 696 valence electrons. The number of ether oxygens (including phenoxy) is 3. The number of carbonyl (C=O) groups excluding carboxylic acids is 3. The second-order valence-corrected chi connectivity index (χ2v) is 35.4. The summed E-state index contributed by atoms with van der Waals surface area (Å²) >= 11 is 0. The van der Waals surface area contributed by atoms with Gasteiger partial charge in [0.25, 0.3) is 0 Å². The van der Waals surface area contributed by atoms with Crippen LogP contribution >= 0.6 is 15.6 Å². The summed E-state index contributed by atoms with van der Waals surface area (Å²) in [5.41, 5.74) is 0. The minimum Gasteiger partial charge on any atom is -0.463 e. The maximum Gasteiger partial charge on any atom is 0.472 e. The average Bonchev–Trinajstić information content (AvgIpc) is 0.964. The Morgan fingerprint density at radius 2 is 0.438 bits per heavy atom. The lowest BCUT2D eigenvalue weighted by molar-refractivity contribution is -0.161. The fourth-order valence-electron chi connectivity index (χ4n) is 13.4. The van der Waals surface area contributed by atoms with Crippen molar-refractivity contribution in [2.24, 2.45) is 0 Å². The largest absolute Gasteiger partial charge is 0.472 e. The number of esters is 3. The van der Waals surface area contributed by atoms with Gasteiger partial charge in [-0.2, -0.15) is 0 Å². The molecule has 0 aliphatic rings. The maximum atomic E-state index is 13.1. The van der Waals surface area contributed by atoms with Crippen molar-refractivity contribution in [3.8, 4) is 0 Å². The number of aliphatic hydroxyl groups is 2. The number of unbranched alkanes of at least 4 members (excludes halogenated alkanes) is 43. The summed E-state index contributed by atoms with van der Waals surface area (Å²) in [6.07, 6.45) is 122. The molecule has 121 heavy (non-hydrogen) atoms. The lowest BCUT2D eigenvalue weighted by Gasteiger charge is -2.21. The van der Waals surface area contributed by atoms with E-state index in [9.17, 15) is 43.5 Å². The van der Waals surface area contributed by atoms with Gasteiger partial charge in [0, 0.05) is 19.3 Å². The van der Waals surface area contributed by atoms with Gasteiger partial charge in [-0.25, -0.2) is 9.13 Å². The van der Waals surface area contributed by atoms with E-state index in [-0.39, 0.29) is 19.3 Å². The highest BCUT2D eigenvalue weighted by molar-refractivity contribution is 7.47. The molecule has 0 radical (unpaired) electrons. The molecule has 18 heteroatoms. The Kier molecular flexibility index (Phi) is 90.5. The van der Waals surface area contributed by atoms with E-state index in [1.54, 1.807) is 0 Å². The van der Waals surface area contributed by atoms with Gasteiger partial charge in [-0.3, -0.25) is 32.5 Å². The molecule has 0 aromatic rings. The number of allylic oxidation sites excluding steroid dienone is 26. The van der Waals surface area contributed by atoms with Gasteiger partial charge in [-0.15, -0.1) is 0 Å². The van der Waals surface area contributed by atoms with Crippen LogP contribution in [0.1, 0.15) is 419 Å². The fraction of sp³-hybridized carbons (Fsp3) is 0.718. The summed E-state index contributed by atoms with van der Waals surface area (Å²) in [5, 5.41) is 20.8. The summed E-state index contributed by atoms with van der Waals surface area (Å²) in [6.45, 7) is 2.48. The molecule has 0 bridgehead atoms. The molecule has 0 aromatic carbocycles. The van der Waals surface area contributed by atoms with Crippen LogP contribution in [-0.4, -0.2) is 95.9 Å². The van der Waals surface area contributed by atoms with Crippen molar-refractivity contribution in [3.63, 3.8) is 0 Å². The van der Waals surface area contributed by atoms with Crippen molar-refractivity contribution in [2.75, 3.05) is 39.6 Å². The molecular weight excluding hydrogens is 1560 g/mol. The summed E-state index contributed by atoms with van der Waals surface area (Å²) in [5.74, 6) is -1.57. The standard InChI is InChI=1S/C103H178O16P2/c1-4-7-10-13-16-19-22-25-28-31-33-35-37-39-41-43-45-47-48-50-52-53-55-57-59-61-63-66-68-71-74-77-80-83-86-89-101(106)113-92-98(104)93-115-120(109,110)116-94-99(105)95-117-121(111,112)118-97-100(119-103(108)91-88-85-82-79-76-73-70-65-30-27-24-21-18-15-12-9-6-3)96-114-102(107)90-87-84-81-78-75-72-69-67-64-62-60-58-56-54-51-49-46-44-42-40-38-36-34-32-29-26-23-20-17-14-11-8-5-2/h8-9,11-12,16-21,25-30,33-36,39-42,46,49,98-100,104-105H,4-7,10,13-15,22-24,31-32,37-38,43-45,47-48,50-97H2,1-3H3,(H,109,110)(H,111,112)/b11-8-,12-9-,19-16-,20-17-,21-18-,28-25-,29-26-,30-27-,35-33-,36-34-,41-39-,42-40-,49-46-. The fourth-order valence-corrected chi connectivity index (χ4v) is 15.0. The van der Waals surface area contributed by atoms with Crippen LogP contribution in [0.25, 0.3) is 0 Å². The Morgan fingerprint density at radius 3 is 0.694 bits per heavy atom. The maximum absolute atomic E-state index is 13.1. The molecule has 4 N–H and O–H groups in total. The van der Waals surface area contributed by atoms with Gasteiger partial charge in [0.2, 0.25) is 0 Å². The van der Waals surface area contributed by atoms with Crippen molar-refractivity contribution < 1.29 is 75.8 Å². The Hall–Kier alpha value is -4.83. The molecule has 0 aliphatic heterocycles. The minimum atomic E-state index is -4.94. The Morgan fingerprint density at radius 1 is 0.240 bits per heavy atom. The van der Waals surface area contributed by atoms with E-state index in [1.165, 1.54) is 186 Å². The molecule has 0 saturated carbocycles. The number of carbonyl (C=O) groups is 3. The molecule has 0 fully saturated rings. The van der Waals surface area contributed by atoms with Gasteiger partial charge in [0.15, 0.2) is 6.10 Å². The average molecular weight is 1730 g/mol. The number of rotatable bonds is 92. The molecular formula is C103H178O16P2. The van der Waals surface area contributed by atoms with Gasteiger partial charge in [0.05, 0.1) is 26.4 Å². The number of hydrogen-bond donors (Lipinski definition) is 4. The van der Waals surface area contributed by atoms with Crippen molar-refractivity contribution in [2.45, 2.75) is 437 Å². The number of phosphoric ester groups is 2. The third kappa shape index (κ3) is 95.7. The summed E-state index contributed by atoms with van der Waals surface area (Å²) in [6, 6.07) is 0. The van der Waals surface area contributed by atoms with Crippen molar-refractivity contribution in [1.29, 1.82) is 0 Å². The quantitative estimate of drug-likeness (QED) is 0.0146. The summed E-state index contributed by atoms with van der Waals surface area (Å²) < 4.78 is 61.5. The van der Waals surface area contributed by atoms with Crippen LogP contribution in [0.5, 0.6) is 0 Å². The smallest absolute Gasteiger partial charge is 0.463 e. The third-order valence-corrected chi connectivity index (χ3v) is 22.6. The predicted octanol–water partition coefficient (Wildman–Crippen LogP) is 30.5. The highest BCUT2D eigenvalue weighted by Crippen LogP contribution is 2.45. The molecule has 0 aromatic heterocycles. The first-order valence-electron chi connectivity index (χ1n) is 48.8. The molecule has 0 heterocycles. The topological polar surface area (TPSA) is 231 Å². The monoisotopic (exact) mass is 1730 g/mol. The van der Waals surface area contributed by atoms with Crippen molar-refractivity contribution >= 4 is 33.6 Å². The van der Waals surface area contributed by atoms with Crippen LogP contribution in [0.4, 0.5) is 0 Å². The molecule has 0 spiro atoms. The molecule has 0 aliphatic carbocycles. The highest BCUT2D eigenvalue weighted by atomic mass is 31.2. The second kappa shape index (κ2) is 94.3. The van der Waals surface area contributed by atoms with Crippen LogP contribution in [-0.2, 0) is 55.8 Å². The van der Waals surface area contributed by atoms with Crippen LogP contribution in [0.15, 0.2) is 158 Å². The predicted molar refractivity (Wildman–Crippen MR) is 509 cm³/mol. The zero-order chi connectivity index (χ0) is 87.9. The van der Waals surface area contributed by atoms with E-state index in [4.69, 9.17) is 32.3 Å². The van der Waals surface area contributed by atoms with E-state index >= 15 is 0 Å². The van der Waals surface area contributed by atoms with Crippen LogP contribution in [0, 0.1) is 0 Å². The molecule has 5 unspecified atom stereocenters. The zero-order valence-electron chi connectivity index (χ0n) is 76.9. The van der Waals surface area contributed by atoms with Gasteiger partial charge < -0.3 is 34.2 Å². The lowest BCUT2D eigenvalue weighted by atomic mass is 10.0. The van der Waals surface area contributed by atoms with Crippen molar-refractivity contribution in [3.05, 3.63) is 158 Å². The zero-order valence-corrected chi connectivity index (χ0v) is 78.7. The van der Waals surface area contributed by atoms with E-state index < -0.39 is 91.5 Å². The molecule has 0 saturated heterocycles. The Labute approximate surface area is 740 Å². The van der Waals surface area contributed by atoms with E-state index in [0.29, 0.717) is 19.3 Å². The van der Waals surface area contributed by atoms with E-state index in [1.807, 2.05) is 0 Å². The Balaban J connectivity index is 4.45. The number of phosphoric acid groups is 2. The van der Waals surface area contributed by atoms with Crippen LogP contribution in [0.3, 0.4) is 0 Å². The number of hydrogen-bond acceptors (Lipinski definition) is 14. The van der Waals surface area contributed by atoms with Gasteiger partial charge in [-0.1, -0.05) is 410 Å². The first kappa shape index (κ1) is 116. The molecule has 0 amide bonds. The Bertz CT molecular complexity index is 2830. The minimum absolute atomic E-state index is 0.0914. The van der Waals surface area contributed by atoms with Crippen molar-refractivity contribution in [1.82, 2.24) is 0 Å². The first-order valence-corrected chi connectivity index (χ1v) is 51.8. The molecule has 0 rings (SSSR count). The van der Waals surface area contributed by atoms with Gasteiger partial charge in [-0.05, 0) is 148 Å². The van der Waals surface area contributed by atoms with Crippen LogP contribution < -0.4 is 0 Å². The summed E-state index contributed by atoms with van der Waals surface area (Å²) in [4.78, 5) is 59.0. The summed E-state index contributed by atoms with van der Waals surface area (Å²) in [7, 11) is -9.81. The third-order valence-electron chi connectivity index (χ3n) is 20.7.